The van der Waals surface area contributed by atoms with Crippen LogP contribution in [0.3, 0.4) is 0 Å². The number of rotatable bonds is 2. The van der Waals surface area contributed by atoms with Crippen LogP contribution in [0.25, 0.3) is 0 Å². The molecule has 1 fully saturated rings. The summed E-state index contributed by atoms with van der Waals surface area (Å²) >= 11 is 0. The predicted octanol–water partition coefficient (Wildman–Crippen LogP) is 0.581. The molecule has 0 spiro atoms. The van der Waals surface area contributed by atoms with Gasteiger partial charge in [0.25, 0.3) is 0 Å². The van der Waals surface area contributed by atoms with Gasteiger partial charge in [-0.05, 0) is 12.8 Å². The van der Waals surface area contributed by atoms with Crippen molar-refractivity contribution < 1.29 is 19.8 Å². The molecule has 2 N–H and O–H groups in total. The maximum Gasteiger partial charge on any atom is 0.307 e. The van der Waals surface area contributed by atoms with Crippen molar-refractivity contribution in [3.63, 3.8) is 0 Å². The van der Waals surface area contributed by atoms with Gasteiger partial charge in [-0.15, -0.1) is 0 Å². The van der Waals surface area contributed by atoms with Crippen LogP contribution in [0.15, 0.2) is 0 Å². The first kappa shape index (κ1) is 12.5. The molecule has 4 nitrogen and oxygen atoms in total. The Morgan fingerprint density at radius 1 is 0.923 bits per heavy atom. The minimum absolute atomic E-state index is 0. The molecule has 13 heavy (non-hydrogen) atoms. The second-order valence-electron chi connectivity index (χ2n) is 3.17. The first-order valence-corrected chi connectivity index (χ1v) is 4.08. The Bertz CT molecular complexity index is 182. The van der Waals surface area contributed by atoms with Crippen LogP contribution in [-0.2, 0) is 9.59 Å². The molecule has 0 aromatic carbocycles. The summed E-state index contributed by atoms with van der Waals surface area (Å²) in [6.45, 7) is 0. The van der Waals surface area contributed by atoms with Crippen LogP contribution < -0.4 is 0 Å². The number of hydrogen-bond donors (Lipinski definition) is 2. The first-order valence-electron chi connectivity index (χ1n) is 4.08. The van der Waals surface area contributed by atoms with Gasteiger partial charge in [0.1, 0.15) is 0 Å². The van der Waals surface area contributed by atoms with E-state index >= 15 is 0 Å². The number of hydrogen-bond acceptors (Lipinski definition) is 2. The molecule has 0 saturated heterocycles. The van der Waals surface area contributed by atoms with Gasteiger partial charge in [0, 0.05) is 18.9 Å². The smallest absolute Gasteiger partial charge is 0.307 e. The third-order valence-electron chi connectivity index (χ3n) is 2.40. The van der Waals surface area contributed by atoms with Crippen molar-refractivity contribution in [2.45, 2.75) is 25.7 Å². The summed E-state index contributed by atoms with van der Waals surface area (Å²) in [6.07, 6.45) is 2.68. The van der Waals surface area contributed by atoms with Crippen LogP contribution in [0.4, 0.5) is 0 Å². The van der Waals surface area contributed by atoms with E-state index in [-0.39, 0.29) is 18.9 Å². The standard InChI is InChI=1S/C8H12O4.Li/c9-7(10)5-3-1-2-4-6(5)8(11)12;/h5-6H,1-4H2,(H,9,10)(H,11,12);. The van der Waals surface area contributed by atoms with Crippen LogP contribution in [0.2, 0.25) is 0 Å². The Labute approximate surface area is 88.5 Å². The molecular formula is C8H12LiO4. The first-order chi connectivity index (χ1) is 5.63. The van der Waals surface area contributed by atoms with E-state index in [1.165, 1.54) is 0 Å². The number of carboxylic acid groups (broad SMARTS) is 2. The molecule has 2 unspecified atom stereocenters. The minimum atomic E-state index is -0.970. The van der Waals surface area contributed by atoms with E-state index in [2.05, 4.69) is 0 Å². The van der Waals surface area contributed by atoms with Gasteiger partial charge < -0.3 is 10.2 Å². The Kier molecular flexibility index (Phi) is 5.12. The van der Waals surface area contributed by atoms with Crippen LogP contribution in [0.1, 0.15) is 25.7 Å². The predicted molar refractivity (Wildman–Crippen MR) is 46.5 cm³/mol. The SMILES string of the molecule is O=C(O)C1CCCCC1C(=O)O.[Li]. The van der Waals surface area contributed by atoms with Gasteiger partial charge in [0.2, 0.25) is 0 Å². The average Bonchev–Trinajstić information content (AvgIpc) is 2.04. The summed E-state index contributed by atoms with van der Waals surface area (Å²) in [6, 6.07) is 0. The molecule has 69 valence electrons. The number of aliphatic carboxylic acids is 2. The fourth-order valence-electron chi connectivity index (χ4n) is 1.72. The van der Waals surface area contributed by atoms with Crippen LogP contribution in [-0.4, -0.2) is 41.0 Å². The van der Waals surface area contributed by atoms with Crippen molar-refractivity contribution in [2.24, 2.45) is 11.8 Å². The molecule has 1 rings (SSSR count). The third-order valence-corrected chi connectivity index (χ3v) is 2.40. The Hall–Kier alpha value is -0.463. The molecule has 0 amide bonds. The fourth-order valence-corrected chi connectivity index (χ4v) is 1.72. The largest absolute Gasteiger partial charge is 0.481 e. The molecular weight excluding hydrogens is 167 g/mol. The van der Waals surface area contributed by atoms with Gasteiger partial charge in [0.05, 0.1) is 11.8 Å². The summed E-state index contributed by atoms with van der Waals surface area (Å²) in [5.74, 6) is -3.28. The van der Waals surface area contributed by atoms with E-state index in [0.717, 1.165) is 12.8 Å². The number of carboxylic acids is 2. The zero-order chi connectivity index (χ0) is 9.14. The zero-order valence-corrected chi connectivity index (χ0v) is 7.69. The minimum Gasteiger partial charge on any atom is -0.481 e. The topological polar surface area (TPSA) is 74.6 Å². The van der Waals surface area contributed by atoms with Crippen LogP contribution in [0, 0.1) is 11.8 Å². The Morgan fingerprint density at radius 2 is 1.23 bits per heavy atom. The van der Waals surface area contributed by atoms with Gasteiger partial charge >= 0.3 is 11.9 Å². The molecule has 0 aromatic heterocycles. The number of carbonyl (C=O) groups is 2. The second kappa shape index (κ2) is 5.31. The maximum atomic E-state index is 10.6. The monoisotopic (exact) mass is 179 g/mol. The van der Waals surface area contributed by atoms with E-state index in [1.54, 1.807) is 0 Å². The molecule has 0 heterocycles. The zero-order valence-electron chi connectivity index (χ0n) is 7.69. The summed E-state index contributed by atoms with van der Waals surface area (Å²) in [5, 5.41) is 17.4. The van der Waals surface area contributed by atoms with Gasteiger partial charge in [-0.25, -0.2) is 0 Å². The quantitative estimate of drug-likeness (QED) is 0.608. The normalized spacial score (nSPS) is 27.4. The molecule has 5 heteroatoms. The fraction of sp³-hybridized carbons (Fsp3) is 0.750. The van der Waals surface area contributed by atoms with Crippen molar-refractivity contribution in [3.8, 4) is 0 Å². The maximum absolute atomic E-state index is 10.6. The van der Waals surface area contributed by atoms with E-state index in [9.17, 15) is 9.59 Å². The van der Waals surface area contributed by atoms with Gasteiger partial charge in [-0.1, -0.05) is 12.8 Å². The van der Waals surface area contributed by atoms with Gasteiger partial charge in [-0.2, -0.15) is 0 Å². The second-order valence-corrected chi connectivity index (χ2v) is 3.17. The van der Waals surface area contributed by atoms with Crippen molar-refractivity contribution in [3.05, 3.63) is 0 Å². The molecule has 1 radical (unpaired) electrons. The van der Waals surface area contributed by atoms with Gasteiger partial charge in [-0.3, -0.25) is 9.59 Å². The Balaban J connectivity index is 0.00000144. The molecule has 0 bridgehead atoms. The van der Waals surface area contributed by atoms with Crippen molar-refractivity contribution >= 4 is 30.8 Å². The van der Waals surface area contributed by atoms with Gasteiger partial charge in [0.15, 0.2) is 0 Å². The van der Waals surface area contributed by atoms with Crippen LogP contribution in [0.5, 0.6) is 0 Å². The molecule has 1 aliphatic carbocycles. The molecule has 1 saturated carbocycles. The summed E-state index contributed by atoms with van der Waals surface area (Å²) in [7, 11) is 0. The van der Waals surface area contributed by atoms with Crippen LogP contribution >= 0.6 is 0 Å². The van der Waals surface area contributed by atoms with E-state index in [1.807, 2.05) is 0 Å². The van der Waals surface area contributed by atoms with Crippen molar-refractivity contribution in [1.29, 1.82) is 0 Å². The summed E-state index contributed by atoms with van der Waals surface area (Å²) in [4.78, 5) is 21.2. The molecule has 2 atom stereocenters. The molecule has 1 aliphatic rings. The van der Waals surface area contributed by atoms with E-state index < -0.39 is 23.8 Å². The Morgan fingerprint density at radius 3 is 1.46 bits per heavy atom. The third kappa shape index (κ3) is 3.05. The van der Waals surface area contributed by atoms with E-state index in [0.29, 0.717) is 12.8 Å². The molecule has 0 aromatic rings. The summed E-state index contributed by atoms with van der Waals surface area (Å²) in [5.41, 5.74) is 0. The average molecular weight is 179 g/mol. The van der Waals surface area contributed by atoms with Crippen molar-refractivity contribution in [2.75, 3.05) is 0 Å². The van der Waals surface area contributed by atoms with Crippen molar-refractivity contribution in [1.82, 2.24) is 0 Å². The molecule has 0 aliphatic heterocycles. The summed E-state index contributed by atoms with van der Waals surface area (Å²) < 4.78 is 0. The van der Waals surface area contributed by atoms with E-state index in [4.69, 9.17) is 10.2 Å².